The van der Waals surface area contributed by atoms with Gasteiger partial charge in [0.25, 0.3) is 0 Å². The molecule has 4 heteroatoms. The largest absolute Gasteiger partial charge is 0.335 e. The summed E-state index contributed by atoms with van der Waals surface area (Å²) in [6.45, 7) is 4.19. The van der Waals surface area contributed by atoms with Crippen molar-refractivity contribution in [3.8, 4) is 0 Å². The lowest BCUT2D eigenvalue weighted by Crippen LogP contribution is -2.48. The number of amides is 2. The van der Waals surface area contributed by atoms with Crippen LogP contribution in [0.4, 0.5) is 4.79 Å². The van der Waals surface area contributed by atoms with Crippen molar-refractivity contribution < 1.29 is 4.79 Å². The van der Waals surface area contributed by atoms with Crippen LogP contribution in [0.2, 0.25) is 0 Å². The Labute approximate surface area is 103 Å². The van der Waals surface area contributed by atoms with Crippen molar-refractivity contribution in [2.75, 3.05) is 33.2 Å². The highest BCUT2D eigenvalue weighted by atomic mass is 16.2. The average molecular weight is 237 g/mol. The molecule has 2 saturated heterocycles. The predicted octanol–water partition coefficient (Wildman–Crippen LogP) is 1.28. The standard InChI is InChI=1S/C13H23N3O/c1-15-7-2-11(3-8-15)14-12(17)16-9-6-13(10-16)4-5-13/h11H,2-10H2,1H3,(H,14,17). The Kier molecular flexibility index (Phi) is 2.77. The van der Waals surface area contributed by atoms with Crippen molar-refractivity contribution in [2.45, 2.75) is 38.1 Å². The summed E-state index contributed by atoms with van der Waals surface area (Å²) in [6.07, 6.45) is 6.10. The first-order valence-electron chi connectivity index (χ1n) is 6.91. The maximum absolute atomic E-state index is 12.1. The number of nitrogens with one attached hydrogen (secondary N) is 1. The molecule has 0 bridgehead atoms. The Morgan fingerprint density at radius 2 is 1.88 bits per heavy atom. The molecule has 2 heterocycles. The molecule has 0 unspecified atom stereocenters. The molecule has 3 aliphatic rings. The highest BCUT2D eigenvalue weighted by Crippen LogP contribution is 2.52. The van der Waals surface area contributed by atoms with Crippen LogP contribution >= 0.6 is 0 Å². The number of rotatable bonds is 1. The van der Waals surface area contributed by atoms with Crippen LogP contribution < -0.4 is 5.32 Å². The molecule has 3 fully saturated rings. The van der Waals surface area contributed by atoms with Crippen molar-refractivity contribution in [3.05, 3.63) is 0 Å². The molecule has 0 aromatic rings. The first kappa shape index (κ1) is 11.3. The Balaban J connectivity index is 1.47. The zero-order valence-electron chi connectivity index (χ0n) is 10.7. The highest BCUT2D eigenvalue weighted by molar-refractivity contribution is 5.75. The van der Waals surface area contributed by atoms with E-state index in [1.54, 1.807) is 0 Å². The summed E-state index contributed by atoms with van der Waals surface area (Å²) >= 11 is 0. The molecule has 1 saturated carbocycles. The molecule has 17 heavy (non-hydrogen) atoms. The number of piperidine rings is 1. The lowest BCUT2D eigenvalue weighted by Gasteiger charge is -2.30. The van der Waals surface area contributed by atoms with Gasteiger partial charge in [0.15, 0.2) is 0 Å². The second-order valence-corrected chi connectivity index (χ2v) is 6.20. The summed E-state index contributed by atoms with van der Waals surface area (Å²) in [7, 11) is 2.15. The van der Waals surface area contributed by atoms with E-state index >= 15 is 0 Å². The summed E-state index contributed by atoms with van der Waals surface area (Å²) in [5, 5.41) is 3.21. The van der Waals surface area contributed by atoms with E-state index in [-0.39, 0.29) is 6.03 Å². The maximum atomic E-state index is 12.1. The van der Waals surface area contributed by atoms with Gasteiger partial charge in [0.2, 0.25) is 0 Å². The molecule has 2 aliphatic heterocycles. The van der Waals surface area contributed by atoms with Gasteiger partial charge in [-0.05, 0) is 57.7 Å². The molecule has 3 rings (SSSR count). The van der Waals surface area contributed by atoms with Crippen molar-refractivity contribution in [3.63, 3.8) is 0 Å². The Hall–Kier alpha value is -0.770. The zero-order valence-corrected chi connectivity index (χ0v) is 10.7. The van der Waals surface area contributed by atoms with Gasteiger partial charge in [0.1, 0.15) is 0 Å². The number of likely N-dealkylation sites (tertiary alicyclic amines) is 2. The van der Waals surface area contributed by atoms with Gasteiger partial charge in [-0.2, -0.15) is 0 Å². The van der Waals surface area contributed by atoms with E-state index in [9.17, 15) is 4.79 Å². The van der Waals surface area contributed by atoms with E-state index in [1.165, 1.54) is 19.3 Å². The van der Waals surface area contributed by atoms with Crippen LogP contribution in [-0.4, -0.2) is 55.1 Å². The second kappa shape index (κ2) is 4.16. The van der Waals surface area contributed by atoms with Gasteiger partial charge in [-0.25, -0.2) is 4.79 Å². The fourth-order valence-electron chi connectivity index (χ4n) is 3.11. The molecule has 4 nitrogen and oxygen atoms in total. The minimum absolute atomic E-state index is 0.184. The Bertz CT molecular complexity index is 306. The fourth-order valence-corrected chi connectivity index (χ4v) is 3.11. The van der Waals surface area contributed by atoms with Crippen molar-refractivity contribution >= 4 is 6.03 Å². The summed E-state index contributed by atoms with van der Waals surface area (Å²) in [4.78, 5) is 16.5. The number of urea groups is 1. The molecule has 96 valence electrons. The van der Waals surface area contributed by atoms with E-state index < -0.39 is 0 Å². The van der Waals surface area contributed by atoms with Gasteiger partial charge >= 0.3 is 6.03 Å². The van der Waals surface area contributed by atoms with E-state index in [2.05, 4.69) is 17.3 Å². The van der Waals surface area contributed by atoms with Crippen molar-refractivity contribution in [1.29, 1.82) is 0 Å². The smallest absolute Gasteiger partial charge is 0.317 e. The van der Waals surface area contributed by atoms with Crippen LogP contribution in [0.25, 0.3) is 0 Å². The van der Waals surface area contributed by atoms with Gasteiger partial charge in [-0.15, -0.1) is 0 Å². The van der Waals surface area contributed by atoms with Crippen molar-refractivity contribution in [2.24, 2.45) is 5.41 Å². The maximum Gasteiger partial charge on any atom is 0.317 e. The number of hydrogen-bond acceptors (Lipinski definition) is 2. The third-order valence-electron chi connectivity index (χ3n) is 4.73. The van der Waals surface area contributed by atoms with Gasteiger partial charge in [0.05, 0.1) is 0 Å². The first-order valence-corrected chi connectivity index (χ1v) is 6.91. The Morgan fingerprint density at radius 1 is 1.18 bits per heavy atom. The average Bonchev–Trinajstić information content (AvgIpc) is 2.92. The number of hydrogen-bond donors (Lipinski definition) is 1. The van der Waals surface area contributed by atoms with Crippen LogP contribution in [0.3, 0.4) is 0 Å². The molecule has 0 aromatic heterocycles. The summed E-state index contributed by atoms with van der Waals surface area (Å²) in [6, 6.07) is 0.581. The van der Waals surface area contributed by atoms with Crippen LogP contribution in [0, 0.1) is 5.41 Å². The monoisotopic (exact) mass is 237 g/mol. The molecule has 0 aromatic carbocycles. The molecular formula is C13H23N3O. The molecular weight excluding hydrogens is 214 g/mol. The molecule has 0 radical (unpaired) electrons. The molecule has 1 spiro atoms. The van der Waals surface area contributed by atoms with E-state index in [4.69, 9.17) is 0 Å². The van der Waals surface area contributed by atoms with E-state index in [1.807, 2.05) is 4.90 Å². The third-order valence-corrected chi connectivity index (χ3v) is 4.73. The lowest BCUT2D eigenvalue weighted by molar-refractivity contribution is 0.188. The van der Waals surface area contributed by atoms with Crippen LogP contribution in [-0.2, 0) is 0 Å². The van der Waals surface area contributed by atoms with Gasteiger partial charge in [-0.1, -0.05) is 0 Å². The molecule has 1 N–H and O–H groups in total. The highest BCUT2D eigenvalue weighted by Gasteiger charge is 2.48. The summed E-state index contributed by atoms with van der Waals surface area (Å²) in [5.74, 6) is 0. The van der Waals surface area contributed by atoms with Crippen LogP contribution in [0.1, 0.15) is 32.1 Å². The van der Waals surface area contributed by atoms with Crippen LogP contribution in [0.15, 0.2) is 0 Å². The first-order chi connectivity index (χ1) is 8.17. The normalized spacial score (nSPS) is 28.6. The Morgan fingerprint density at radius 3 is 2.47 bits per heavy atom. The molecule has 1 aliphatic carbocycles. The molecule has 0 atom stereocenters. The zero-order chi connectivity index (χ0) is 11.9. The van der Waals surface area contributed by atoms with Gasteiger partial charge in [-0.3, -0.25) is 0 Å². The van der Waals surface area contributed by atoms with Gasteiger partial charge in [0, 0.05) is 19.1 Å². The number of carbonyl (C=O) groups is 1. The van der Waals surface area contributed by atoms with E-state index in [0.29, 0.717) is 11.5 Å². The lowest BCUT2D eigenvalue weighted by atomic mass is 10.1. The number of carbonyl (C=O) groups excluding carboxylic acids is 1. The SMILES string of the molecule is CN1CCC(NC(=O)N2CCC3(CC3)C2)CC1. The third kappa shape index (κ3) is 2.41. The minimum atomic E-state index is 0.184. The summed E-state index contributed by atoms with van der Waals surface area (Å²) < 4.78 is 0. The van der Waals surface area contributed by atoms with Crippen LogP contribution in [0.5, 0.6) is 0 Å². The van der Waals surface area contributed by atoms with Gasteiger partial charge < -0.3 is 15.1 Å². The summed E-state index contributed by atoms with van der Waals surface area (Å²) in [5.41, 5.74) is 0.546. The minimum Gasteiger partial charge on any atom is -0.335 e. The fraction of sp³-hybridized carbons (Fsp3) is 0.923. The number of nitrogens with zero attached hydrogens (tertiary/aromatic N) is 2. The quantitative estimate of drug-likeness (QED) is 0.745. The van der Waals surface area contributed by atoms with E-state index in [0.717, 1.165) is 39.0 Å². The predicted molar refractivity (Wildman–Crippen MR) is 66.9 cm³/mol. The second-order valence-electron chi connectivity index (χ2n) is 6.20. The topological polar surface area (TPSA) is 35.6 Å². The molecule has 2 amide bonds. The van der Waals surface area contributed by atoms with Crippen molar-refractivity contribution in [1.82, 2.24) is 15.1 Å².